The fraction of sp³-hybridized carbons (Fsp3) is 0.750. The Hall–Kier alpha value is -1.36. The van der Waals surface area contributed by atoms with E-state index in [1.165, 1.54) is 0 Å². The molecule has 0 aliphatic carbocycles. The van der Waals surface area contributed by atoms with E-state index in [1.54, 1.807) is 0 Å². The van der Waals surface area contributed by atoms with Gasteiger partial charge in [-0.3, -0.25) is 0 Å². The highest BCUT2D eigenvalue weighted by Gasteiger charge is 2.24. The minimum atomic E-state index is 0.322. The van der Waals surface area contributed by atoms with Crippen LogP contribution < -0.4 is 10.6 Å². The van der Waals surface area contributed by atoms with E-state index in [-0.39, 0.29) is 0 Å². The molecule has 1 fully saturated rings. The molecule has 5 heteroatoms. The summed E-state index contributed by atoms with van der Waals surface area (Å²) in [5.74, 6) is 3.59. The third-order valence-electron chi connectivity index (χ3n) is 3.89. The van der Waals surface area contributed by atoms with Crippen LogP contribution in [0, 0.1) is 5.92 Å². The van der Waals surface area contributed by atoms with E-state index in [0.717, 1.165) is 50.0 Å². The maximum absolute atomic E-state index is 5.61. The van der Waals surface area contributed by atoms with Crippen molar-refractivity contribution in [2.45, 2.75) is 52.6 Å². The van der Waals surface area contributed by atoms with Crippen LogP contribution in [0.5, 0.6) is 0 Å². The Kier molecular flexibility index (Phi) is 5.79. The van der Waals surface area contributed by atoms with Gasteiger partial charge in [-0.25, -0.2) is 9.97 Å². The lowest BCUT2D eigenvalue weighted by Crippen LogP contribution is -2.21. The van der Waals surface area contributed by atoms with E-state index in [9.17, 15) is 0 Å². The van der Waals surface area contributed by atoms with E-state index in [4.69, 9.17) is 4.74 Å². The summed E-state index contributed by atoms with van der Waals surface area (Å²) >= 11 is 0. The standard InChI is InChI=1S/C16H28N4O/c1-5-7-17-14-9-15(20-16(19-14)11(2)3)18-10-13-6-8-21-12(13)4/h9,11-13H,5-8,10H2,1-4H3,(H2,17,18,19,20). The topological polar surface area (TPSA) is 59.1 Å². The van der Waals surface area contributed by atoms with E-state index < -0.39 is 0 Å². The third kappa shape index (κ3) is 4.56. The SMILES string of the molecule is CCCNc1cc(NCC2CCOC2C)nc(C(C)C)n1. The number of aromatic nitrogens is 2. The predicted molar refractivity (Wildman–Crippen MR) is 86.9 cm³/mol. The van der Waals surface area contributed by atoms with Crippen LogP contribution in [0.3, 0.4) is 0 Å². The molecule has 0 radical (unpaired) electrons. The summed E-state index contributed by atoms with van der Waals surface area (Å²) in [4.78, 5) is 9.20. The Balaban J connectivity index is 2.04. The summed E-state index contributed by atoms with van der Waals surface area (Å²) in [6.07, 6.45) is 2.54. The van der Waals surface area contributed by atoms with Crippen LogP contribution in [-0.2, 0) is 4.74 Å². The van der Waals surface area contributed by atoms with Gasteiger partial charge in [0.1, 0.15) is 17.5 Å². The first-order chi connectivity index (χ1) is 10.1. The van der Waals surface area contributed by atoms with Crippen molar-refractivity contribution >= 4 is 11.6 Å². The lowest BCUT2D eigenvalue weighted by Gasteiger charge is -2.17. The smallest absolute Gasteiger partial charge is 0.135 e. The van der Waals surface area contributed by atoms with Crippen LogP contribution in [-0.4, -0.2) is 35.8 Å². The zero-order valence-corrected chi connectivity index (χ0v) is 13.6. The molecule has 2 atom stereocenters. The van der Waals surface area contributed by atoms with E-state index >= 15 is 0 Å². The molecule has 2 heterocycles. The highest BCUT2D eigenvalue weighted by atomic mass is 16.5. The first-order valence-corrected chi connectivity index (χ1v) is 8.08. The van der Waals surface area contributed by atoms with Gasteiger partial charge in [0.05, 0.1) is 6.10 Å². The normalized spacial score (nSPS) is 21.8. The van der Waals surface area contributed by atoms with Gasteiger partial charge < -0.3 is 15.4 Å². The van der Waals surface area contributed by atoms with Gasteiger partial charge in [0.25, 0.3) is 0 Å². The molecule has 21 heavy (non-hydrogen) atoms. The molecule has 0 amide bonds. The van der Waals surface area contributed by atoms with Gasteiger partial charge in [-0.1, -0.05) is 20.8 Å². The second-order valence-corrected chi connectivity index (χ2v) is 6.08. The van der Waals surface area contributed by atoms with Gasteiger partial charge >= 0.3 is 0 Å². The molecule has 0 spiro atoms. The second kappa shape index (κ2) is 7.59. The van der Waals surface area contributed by atoms with Crippen molar-refractivity contribution in [3.05, 3.63) is 11.9 Å². The quantitative estimate of drug-likeness (QED) is 0.808. The zero-order chi connectivity index (χ0) is 15.2. The summed E-state index contributed by atoms with van der Waals surface area (Å²) < 4.78 is 5.61. The third-order valence-corrected chi connectivity index (χ3v) is 3.89. The number of hydrogen-bond donors (Lipinski definition) is 2. The van der Waals surface area contributed by atoms with Crippen molar-refractivity contribution in [2.75, 3.05) is 30.3 Å². The Bertz CT molecular complexity index is 450. The first kappa shape index (κ1) is 16.0. The van der Waals surface area contributed by atoms with E-state index in [2.05, 4.69) is 48.3 Å². The van der Waals surface area contributed by atoms with Gasteiger partial charge in [-0.05, 0) is 19.8 Å². The molecule has 1 saturated heterocycles. The molecule has 1 aliphatic rings. The largest absolute Gasteiger partial charge is 0.378 e. The highest BCUT2D eigenvalue weighted by Crippen LogP contribution is 2.22. The van der Waals surface area contributed by atoms with Crippen LogP contribution in [0.1, 0.15) is 52.3 Å². The molecule has 0 bridgehead atoms. The van der Waals surface area contributed by atoms with Crippen LogP contribution in [0.2, 0.25) is 0 Å². The Morgan fingerprint density at radius 3 is 2.57 bits per heavy atom. The number of nitrogens with one attached hydrogen (secondary N) is 2. The van der Waals surface area contributed by atoms with Crippen LogP contribution in [0.15, 0.2) is 6.07 Å². The molecule has 2 N–H and O–H groups in total. The Morgan fingerprint density at radius 2 is 2.00 bits per heavy atom. The van der Waals surface area contributed by atoms with Crippen LogP contribution in [0.25, 0.3) is 0 Å². The molecular formula is C16H28N4O. The van der Waals surface area contributed by atoms with Gasteiger partial charge in [0.2, 0.25) is 0 Å². The van der Waals surface area contributed by atoms with E-state index in [0.29, 0.717) is 17.9 Å². The monoisotopic (exact) mass is 292 g/mol. The molecule has 1 aliphatic heterocycles. The molecule has 0 aromatic carbocycles. The molecule has 1 aromatic rings. The average Bonchev–Trinajstić information content (AvgIpc) is 2.88. The number of hydrogen-bond acceptors (Lipinski definition) is 5. The number of rotatable bonds is 7. The fourth-order valence-corrected chi connectivity index (χ4v) is 2.44. The predicted octanol–water partition coefficient (Wildman–Crippen LogP) is 3.26. The lowest BCUT2D eigenvalue weighted by molar-refractivity contribution is 0.108. The minimum Gasteiger partial charge on any atom is -0.378 e. The zero-order valence-electron chi connectivity index (χ0n) is 13.6. The maximum Gasteiger partial charge on any atom is 0.135 e. The molecule has 0 saturated carbocycles. The van der Waals surface area contributed by atoms with Crippen molar-refractivity contribution in [2.24, 2.45) is 5.92 Å². The second-order valence-electron chi connectivity index (χ2n) is 6.08. The van der Waals surface area contributed by atoms with Crippen molar-refractivity contribution in [1.29, 1.82) is 0 Å². The summed E-state index contributed by atoms with van der Waals surface area (Å²) in [5, 5.41) is 6.81. The molecule has 1 aromatic heterocycles. The fourth-order valence-electron chi connectivity index (χ4n) is 2.44. The Morgan fingerprint density at radius 1 is 1.29 bits per heavy atom. The van der Waals surface area contributed by atoms with Gasteiger partial charge in [0, 0.05) is 37.6 Å². The summed E-state index contributed by atoms with van der Waals surface area (Å²) in [6.45, 7) is 11.2. The average molecular weight is 292 g/mol. The molecule has 2 rings (SSSR count). The van der Waals surface area contributed by atoms with Gasteiger partial charge in [-0.2, -0.15) is 0 Å². The first-order valence-electron chi connectivity index (χ1n) is 8.08. The van der Waals surface area contributed by atoms with Gasteiger partial charge in [-0.15, -0.1) is 0 Å². The van der Waals surface area contributed by atoms with E-state index in [1.807, 2.05) is 6.07 Å². The van der Waals surface area contributed by atoms with Crippen molar-refractivity contribution in [3.63, 3.8) is 0 Å². The highest BCUT2D eigenvalue weighted by molar-refractivity contribution is 5.48. The van der Waals surface area contributed by atoms with Crippen molar-refractivity contribution in [1.82, 2.24) is 9.97 Å². The molecule has 118 valence electrons. The maximum atomic E-state index is 5.61. The van der Waals surface area contributed by atoms with Crippen LogP contribution >= 0.6 is 0 Å². The molecule has 5 nitrogen and oxygen atoms in total. The molecular weight excluding hydrogens is 264 g/mol. The lowest BCUT2D eigenvalue weighted by atomic mass is 10.0. The minimum absolute atomic E-state index is 0.322. The van der Waals surface area contributed by atoms with Crippen molar-refractivity contribution < 1.29 is 4.74 Å². The van der Waals surface area contributed by atoms with Gasteiger partial charge in [0.15, 0.2) is 0 Å². The van der Waals surface area contributed by atoms with Crippen LogP contribution in [0.4, 0.5) is 11.6 Å². The number of anilines is 2. The van der Waals surface area contributed by atoms with Crippen molar-refractivity contribution in [3.8, 4) is 0 Å². The summed E-state index contributed by atoms with van der Waals surface area (Å²) in [6, 6.07) is 2.00. The number of nitrogens with zero attached hydrogens (tertiary/aromatic N) is 2. The summed E-state index contributed by atoms with van der Waals surface area (Å²) in [7, 11) is 0. The number of ether oxygens (including phenoxy) is 1. The molecule has 2 unspecified atom stereocenters. The Labute approximate surface area is 127 Å². The summed E-state index contributed by atoms with van der Waals surface area (Å²) in [5.41, 5.74) is 0.